The fourth-order valence-corrected chi connectivity index (χ4v) is 3.61. The van der Waals surface area contributed by atoms with Crippen molar-refractivity contribution >= 4 is 5.96 Å². The fourth-order valence-electron chi connectivity index (χ4n) is 3.61. The van der Waals surface area contributed by atoms with Crippen LogP contribution in [0.15, 0.2) is 17.4 Å². The molecule has 1 N–H and O–H groups in total. The molecule has 0 aliphatic carbocycles. The predicted octanol–water partition coefficient (Wildman–Crippen LogP) is 0.870. The molecular formula is C19H34N6O2. The van der Waals surface area contributed by atoms with Crippen LogP contribution in [0.5, 0.6) is 0 Å². The second-order valence-corrected chi connectivity index (χ2v) is 7.83. The highest BCUT2D eigenvalue weighted by molar-refractivity contribution is 5.80. The minimum atomic E-state index is 0.0134. The molecule has 3 rings (SSSR count). The highest BCUT2D eigenvalue weighted by Crippen LogP contribution is 2.22. The van der Waals surface area contributed by atoms with Crippen molar-refractivity contribution in [1.29, 1.82) is 0 Å². The van der Waals surface area contributed by atoms with Crippen molar-refractivity contribution in [3.63, 3.8) is 0 Å². The number of rotatable bonds is 5. The van der Waals surface area contributed by atoms with Gasteiger partial charge in [0.1, 0.15) is 6.10 Å². The molecule has 0 bridgehead atoms. The third-order valence-corrected chi connectivity index (χ3v) is 5.28. The lowest BCUT2D eigenvalue weighted by atomic mass is 10.0. The molecule has 27 heavy (non-hydrogen) atoms. The van der Waals surface area contributed by atoms with Gasteiger partial charge >= 0.3 is 0 Å². The van der Waals surface area contributed by atoms with Crippen LogP contribution in [0.3, 0.4) is 0 Å². The molecule has 2 aliphatic heterocycles. The van der Waals surface area contributed by atoms with E-state index in [-0.39, 0.29) is 11.6 Å². The van der Waals surface area contributed by atoms with E-state index in [0.717, 1.165) is 64.0 Å². The number of nitrogens with one attached hydrogen (secondary N) is 1. The molecule has 1 aromatic rings. The Morgan fingerprint density at radius 2 is 2.07 bits per heavy atom. The Kier molecular flexibility index (Phi) is 6.73. The zero-order valence-electron chi connectivity index (χ0n) is 17.1. The van der Waals surface area contributed by atoms with Gasteiger partial charge in [0.05, 0.1) is 39.1 Å². The summed E-state index contributed by atoms with van der Waals surface area (Å²) < 4.78 is 13.3. The van der Waals surface area contributed by atoms with Gasteiger partial charge in [-0.2, -0.15) is 5.10 Å². The Balaban J connectivity index is 1.67. The molecule has 2 saturated heterocycles. The maximum Gasteiger partial charge on any atom is 0.194 e. The minimum absolute atomic E-state index is 0.0134. The van der Waals surface area contributed by atoms with Gasteiger partial charge in [0.2, 0.25) is 0 Å². The molecule has 152 valence electrons. The third kappa shape index (κ3) is 5.21. The van der Waals surface area contributed by atoms with Crippen molar-refractivity contribution in [2.75, 3.05) is 59.1 Å². The summed E-state index contributed by atoms with van der Waals surface area (Å²) >= 11 is 0. The number of hydrogen-bond donors (Lipinski definition) is 1. The van der Waals surface area contributed by atoms with E-state index in [0.29, 0.717) is 6.61 Å². The first-order chi connectivity index (χ1) is 13.0. The van der Waals surface area contributed by atoms with E-state index in [1.807, 2.05) is 24.1 Å². The molecule has 1 unspecified atom stereocenters. The van der Waals surface area contributed by atoms with Crippen LogP contribution in [-0.4, -0.2) is 90.2 Å². The largest absolute Gasteiger partial charge is 0.379 e. The van der Waals surface area contributed by atoms with E-state index in [9.17, 15) is 0 Å². The summed E-state index contributed by atoms with van der Waals surface area (Å²) in [6, 6.07) is 0. The number of nitrogens with zero attached hydrogens (tertiary/aromatic N) is 5. The van der Waals surface area contributed by atoms with Crippen LogP contribution in [0.2, 0.25) is 0 Å². The fraction of sp³-hybridized carbons (Fsp3) is 0.789. The molecule has 0 saturated carbocycles. The Labute approximate surface area is 162 Å². The zero-order valence-corrected chi connectivity index (χ0v) is 17.1. The average molecular weight is 379 g/mol. The smallest absolute Gasteiger partial charge is 0.194 e. The van der Waals surface area contributed by atoms with E-state index in [1.54, 1.807) is 0 Å². The summed E-state index contributed by atoms with van der Waals surface area (Å²) in [7, 11) is 1.93. The Morgan fingerprint density at radius 3 is 2.74 bits per heavy atom. The quantitative estimate of drug-likeness (QED) is 0.606. The van der Waals surface area contributed by atoms with Gasteiger partial charge in [0.15, 0.2) is 5.96 Å². The lowest BCUT2D eigenvalue weighted by Gasteiger charge is -2.40. The highest BCUT2D eigenvalue weighted by atomic mass is 16.5. The van der Waals surface area contributed by atoms with E-state index >= 15 is 0 Å². The Bertz CT molecular complexity index is 623. The van der Waals surface area contributed by atoms with Gasteiger partial charge in [0.25, 0.3) is 0 Å². The van der Waals surface area contributed by atoms with Crippen LogP contribution < -0.4 is 5.32 Å². The van der Waals surface area contributed by atoms with Gasteiger partial charge in [-0.05, 0) is 20.8 Å². The van der Waals surface area contributed by atoms with Gasteiger partial charge in [-0.15, -0.1) is 0 Å². The second-order valence-electron chi connectivity index (χ2n) is 7.83. The second kappa shape index (κ2) is 9.03. The first-order valence-electron chi connectivity index (χ1n) is 9.96. The van der Waals surface area contributed by atoms with Crippen LogP contribution in [-0.2, 0) is 16.5 Å². The molecule has 2 aliphatic rings. The van der Waals surface area contributed by atoms with Crippen LogP contribution >= 0.6 is 0 Å². The first-order valence-corrected chi connectivity index (χ1v) is 9.96. The molecule has 0 amide bonds. The van der Waals surface area contributed by atoms with Crippen molar-refractivity contribution in [3.8, 4) is 0 Å². The number of morpholine rings is 2. The summed E-state index contributed by atoms with van der Waals surface area (Å²) in [6.45, 7) is 14.1. The van der Waals surface area contributed by atoms with Crippen LogP contribution in [0.4, 0.5) is 0 Å². The van der Waals surface area contributed by atoms with Crippen molar-refractivity contribution in [2.45, 2.75) is 32.4 Å². The minimum Gasteiger partial charge on any atom is -0.379 e. The first kappa shape index (κ1) is 20.1. The number of aliphatic imine (C=N–C) groups is 1. The predicted molar refractivity (Wildman–Crippen MR) is 106 cm³/mol. The van der Waals surface area contributed by atoms with E-state index in [4.69, 9.17) is 14.5 Å². The number of ether oxygens (including phenoxy) is 2. The Morgan fingerprint density at radius 1 is 1.30 bits per heavy atom. The van der Waals surface area contributed by atoms with Crippen molar-refractivity contribution in [3.05, 3.63) is 18.0 Å². The molecular weight excluding hydrogens is 344 g/mol. The number of aromatic nitrogens is 2. The lowest BCUT2D eigenvalue weighted by Crippen LogP contribution is -2.53. The third-order valence-electron chi connectivity index (χ3n) is 5.28. The lowest BCUT2D eigenvalue weighted by molar-refractivity contribution is -0.0103. The summed E-state index contributed by atoms with van der Waals surface area (Å²) in [6.07, 6.45) is 3.95. The maximum absolute atomic E-state index is 5.98. The number of hydrogen-bond acceptors (Lipinski definition) is 5. The average Bonchev–Trinajstić information content (AvgIpc) is 3.12. The monoisotopic (exact) mass is 378 g/mol. The van der Waals surface area contributed by atoms with Crippen molar-refractivity contribution in [1.82, 2.24) is 24.9 Å². The molecule has 1 atom stereocenters. The number of guanidine groups is 1. The molecule has 0 aromatic carbocycles. The molecule has 0 spiro atoms. The molecule has 0 radical (unpaired) electrons. The van der Waals surface area contributed by atoms with Gasteiger partial charge in [0, 0.05) is 50.5 Å². The molecule has 8 heteroatoms. The number of aryl methyl sites for hydroxylation is 1. The van der Waals surface area contributed by atoms with Crippen LogP contribution in [0.1, 0.15) is 32.4 Å². The standard InChI is InChI=1S/C19H34N6O2/c1-5-20-18(21-15-19(2,3)25-7-9-26-10-8-25)24-6-11-27-17(14-24)16-12-22-23(4)13-16/h12-13,17H,5-11,14-15H2,1-4H3,(H,20,21). The SMILES string of the molecule is CCNC(=NCC(C)(C)N1CCOCC1)N1CCOC(c2cnn(C)c2)C1. The topological polar surface area (TPSA) is 67.2 Å². The van der Waals surface area contributed by atoms with Crippen molar-refractivity contribution in [2.24, 2.45) is 12.0 Å². The van der Waals surface area contributed by atoms with Gasteiger partial charge in [-0.1, -0.05) is 0 Å². The molecule has 1 aromatic heterocycles. The van der Waals surface area contributed by atoms with Gasteiger partial charge < -0.3 is 19.7 Å². The normalized spacial score (nSPS) is 22.9. The summed E-state index contributed by atoms with van der Waals surface area (Å²) in [5.74, 6) is 0.969. The van der Waals surface area contributed by atoms with E-state index < -0.39 is 0 Å². The summed E-state index contributed by atoms with van der Waals surface area (Å²) in [5, 5.41) is 7.74. The molecule has 3 heterocycles. The summed E-state index contributed by atoms with van der Waals surface area (Å²) in [5.41, 5.74) is 1.13. The molecule has 8 nitrogen and oxygen atoms in total. The maximum atomic E-state index is 5.98. The highest BCUT2D eigenvalue weighted by Gasteiger charge is 2.29. The summed E-state index contributed by atoms with van der Waals surface area (Å²) in [4.78, 5) is 9.77. The zero-order chi connectivity index (χ0) is 19.3. The van der Waals surface area contributed by atoms with Crippen LogP contribution in [0, 0.1) is 0 Å². The van der Waals surface area contributed by atoms with E-state index in [1.165, 1.54) is 0 Å². The Hall–Kier alpha value is -1.64. The molecule has 2 fully saturated rings. The van der Waals surface area contributed by atoms with Crippen molar-refractivity contribution < 1.29 is 9.47 Å². The van der Waals surface area contributed by atoms with Gasteiger partial charge in [-0.25, -0.2) is 0 Å². The van der Waals surface area contributed by atoms with Gasteiger partial charge in [-0.3, -0.25) is 14.6 Å². The van der Waals surface area contributed by atoms with Crippen LogP contribution in [0.25, 0.3) is 0 Å². The van der Waals surface area contributed by atoms with E-state index in [2.05, 4.69) is 41.0 Å².